The molecule has 0 saturated heterocycles. The number of aromatic nitrogens is 2. The zero-order valence-corrected chi connectivity index (χ0v) is 10.7. The van der Waals surface area contributed by atoms with E-state index in [9.17, 15) is 9.90 Å². The summed E-state index contributed by atoms with van der Waals surface area (Å²) < 4.78 is 1.77. The van der Waals surface area contributed by atoms with Crippen LogP contribution in [0.2, 0.25) is 0 Å². The van der Waals surface area contributed by atoms with Gasteiger partial charge in [-0.2, -0.15) is 5.10 Å². The molecule has 0 bridgehead atoms. The van der Waals surface area contributed by atoms with Crippen LogP contribution in [-0.2, 0) is 6.54 Å². The fourth-order valence-electron chi connectivity index (χ4n) is 2.33. The summed E-state index contributed by atoms with van der Waals surface area (Å²) in [6.45, 7) is 0.375. The average molecular weight is 267 g/mol. The number of carbonyl (C=O) groups is 1. The molecule has 20 heavy (non-hydrogen) atoms. The SMILES string of the molecule is Nc1cccc(Cn2ncc3ccccc32)c1C(=O)O. The van der Waals surface area contributed by atoms with E-state index in [0.717, 1.165) is 10.9 Å². The summed E-state index contributed by atoms with van der Waals surface area (Å²) in [5.41, 5.74) is 7.78. The van der Waals surface area contributed by atoms with Crippen LogP contribution in [0.3, 0.4) is 0 Å². The van der Waals surface area contributed by atoms with Crippen LogP contribution in [0.4, 0.5) is 5.69 Å². The molecule has 0 unspecified atom stereocenters. The third-order valence-corrected chi connectivity index (χ3v) is 3.27. The predicted octanol–water partition coefficient (Wildman–Crippen LogP) is 2.37. The Balaban J connectivity index is 2.08. The van der Waals surface area contributed by atoms with Gasteiger partial charge in [0.1, 0.15) is 0 Å². The monoisotopic (exact) mass is 267 g/mol. The van der Waals surface area contributed by atoms with Crippen LogP contribution in [0, 0.1) is 0 Å². The number of carboxylic acids is 1. The number of hydrogen-bond acceptors (Lipinski definition) is 3. The Bertz CT molecular complexity index is 793. The summed E-state index contributed by atoms with van der Waals surface area (Å²) in [6.07, 6.45) is 1.77. The van der Waals surface area contributed by atoms with Crippen molar-refractivity contribution >= 4 is 22.6 Å². The molecule has 0 saturated carbocycles. The highest BCUT2D eigenvalue weighted by atomic mass is 16.4. The molecule has 0 spiro atoms. The lowest BCUT2D eigenvalue weighted by atomic mass is 10.1. The molecular weight excluding hydrogens is 254 g/mol. The molecule has 0 fully saturated rings. The van der Waals surface area contributed by atoms with Gasteiger partial charge in [0.05, 0.1) is 23.8 Å². The van der Waals surface area contributed by atoms with Crippen LogP contribution >= 0.6 is 0 Å². The smallest absolute Gasteiger partial charge is 0.338 e. The van der Waals surface area contributed by atoms with Crippen LogP contribution in [0.25, 0.3) is 10.9 Å². The van der Waals surface area contributed by atoms with Crippen molar-refractivity contribution in [1.29, 1.82) is 0 Å². The number of hydrogen-bond donors (Lipinski definition) is 2. The lowest BCUT2D eigenvalue weighted by molar-refractivity contribution is 0.0696. The molecular formula is C15H13N3O2. The minimum absolute atomic E-state index is 0.145. The van der Waals surface area contributed by atoms with E-state index in [0.29, 0.717) is 12.1 Å². The average Bonchev–Trinajstić information content (AvgIpc) is 2.82. The largest absolute Gasteiger partial charge is 0.478 e. The number of anilines is 1. The molecule has 0 radical (unpaired) electrons. The third-order valence-electron chi connectivity index (χ3n) is 3.27. The van der Waals surface area contributed by atoms with E-state index in [2.05, 4.69) is 5.10 Å². The van der Waals surface area contributed by atoms with Crippen LogP contribution in [0.1, 0.15) is 15.9 Å². The Morgan fingerprint density at radius 3 is 2.80 bits per heavy atom. The van der Waals surface area contributed by atoms with Gasteiger partial charge >= 0.3 is 5.97 Å². The number of aromatic carboxylic acids is 1. The molecule has 0 amide bonds. The van der Waals surface area contributed by atoms with E-state index in [1.54, 1.807) is 29.1 Å². The third kappa shape index (κ3) is 1.99. The number of benzene rings is 2. The number of fused-ring (bicyclic) bond motifs is 1. The van der Waals surface area contributed by atoms with Gasteiger partial charge in [-0.1, -0.05) is 30.3 Å². The normalized spacial score (nSPS) is 10.8. The zero-order chi connectivity index (χ0) is 14.1. The first-order valence-corrected chi connectivity index (χ1v) is 6.18. The molecule has 5 nitrogen and oxygen atoms in total. The molecule has 0 aliphatic carbocycles. The van der Waals surface area contributed by atoms with Crippen molar-refractivity contribution in [3.05, 3.63) is 59.8 Å². The van der Waals surface area contributed by atoms with E-state index < -0.39 is 5.97 Å². The first-order chi connectivity index (χ1) is 9.66. The van der Waals surface area contributed by atoms with Gasteiger partial charge in [0.15, 0.2) is 0 Å². The summed E-state index contributed by atoms with van der Waals surface area (Å²) in [7, 11) is 0. The fourth-order valence-corrected chi connectivity index (χ4v) is 2.33. The minimum Gasteiger partial charge on any atom is -0.478 e. The highest BCUT2D eigenvalue weighted by molar-refractivity contribution is 5.95. The molecule has 5 heteroatoms. The van der Waals surface area contributed by atoms with Crippen molar-refractivity contribution in [2.75, 3.05) is 5.73 Å². The van der Waals surface area contributed by atoms with E-state index in [1.165, 1.54) is 0 Å². The summed E-state index contributed by atoms with van der Waals surface area (Å²) >= 11 is 0. The van der Waals surface area contributed by atoms with Crippen molar-refractivity contribution < 1.29 is 9.90 Å². The van der Waals surface area contributed by atoms with E-state index in [-0.39, 0.29) is 11.3 Å². The lowest BCUT2D eigenvalue weighted by Crippen LogP contribution is -2.10. The second-order valence-corrected chi connectivity index (χ2v) is 4.55. The predicted molar refractivity (Wildman–Crippen MR) is 76.6 cm³/mol. The number of nitrogens with two attached hydrogens (primary N) is 1. The van der Waals surface area contributed by atoms with Crippen LogP contribution in [-0.4, -0.2) is 20.9 Å². The number of para-hydroxylation sites is 1. The number of nitrogen functional groups attached to an aromatic ring is 1. The molecule has 100 valence electrons. The summed E-state index contributed by atoms with van der Waals surface area (Å²) in [5, 5.41) is 14.6. The number of nitrogens with zero attached hydrogens (tertiary/aromatic N) is 2. The van der Waals surface area contributed by atoms with Gasteiger partial charge in [-0.3, -0.25) is 4.68 Å². The van der Waals surface area contributed by atoms with Crippen molar-refractivity contribution in [2.24, 2.45) is 0 Å². The van der Waals surface area contributed by atoms with Crippen molar-refractivity contribution in [3.8, 4) is 0 Å². The Kier molecular flexibility index (Phi) is 2.87. The molecule has 0 aliphatic rings. The first kappa shape index (κ1) is 12.2. The lowest BCUT2D eigenvalue weighted by Gasteiger charge is -2.09. The summed E-state index contributed by atoms with van der Waals surface area (Å²) in [6, 6.07) is 12.9. The van der Waals surface area contributed by atoms with Crippen LogP contribution in [0.15, 0.2) is 48.7 Å². The minimum atomic E-state index is -1.02. The quantitative estimate of drug-likeness (QED) is 0.714. The van der Waals surface area contributed by atoms with Gasteiger partial charge in [-0.25, -0.2) is 4.79 Å². The summed E-state index contributed by atoms with van der Waals surface area (Å²) in [5.74, 6) is -1.02. The molecule has 0 atom stereocenters. The molecule has 3 rings (SSSR count). The maximum atomic E-state index is 11.3. The molecule has 1 aromatic heterocycles. The molecule has 2 aromatic carbocycles. The molecule has 3 N–H and O–H groups in total. The second-order valence-electron chi connectivity index (χ2n) is 4.55. The van der Waals surface area contributed by atoms with E-state index >= 15 is 0 Å². The summed E-state index contributed by atoms with van der Waals surface area (Å²) in [4.78, 5) is 11.3. The zero-order valence-electron chi connectivity index (χ0n) is 10.7. The van der Waals surface area contributed by atoms with Gasteiger partial charge < -0.3 is 10.8 Å². The van der Waals surface area contributed by atoms with Crippen molar-refractivity contribution in [3.63, 3.8) is 0 Å². The first-order valence-electron chi connectivity index (χ1n) is 6.18. The van der Waals surface area contributed by atoms with Crippen LogP contribution < -0.4 is 5.73 Å². The Labute approximate surface area is 115 Å². The Hall–Kier alpha value is -2.82. The van der Waals surface area contributed by atoms with Crippen LogP contribution in [0.5, 0.6) is 0 Å². The fraction of sp³-hybridized carbons (Fsp3) is 0.0667. The van der Waals surface area contributed by atoms with Gasteiger partial charge in [-0.05, 0) is 17.7 Å². The van der Waals surface area contributed by atoms with Crippen molar-refractivity contribution in [2.45, 2.75) is 6.54 Å². The number of rotatable bonds is 3. The van der Waals surface area contributed by atoms with E-state index in [1.807, 2.05) is 24.3 Å². The molecule has 1 heterocycles. The van der Waals surface area contributed by atoms with E-state index in [4.69, 9.17) is 5.73 Å². The molecule has 3 aromatic rings. The highest BCUT2D eigenvalue weighted by Crippen LogP contribution is 2.20. The maximum absolute atomic E-state index is 11.3. The van der Waals surface area contributed by atoms with Gasteiger partial charge in [0.2, 0.25) is 0 Å². The Morgan fingerprint density at radius 2 is 2.00 bits per heavy atom. The topological polar surface area (TPSA) is 81.1 Å². The van der Waals surface area contributed by atoms with Crippen molar-refractivity contribution in [1.82, 2.24) is 9.78 Å². The van der Waals surface area contributed by atoms with Gasteiger partial charge in [0.25, 0.3) is 0 Å². The maximum Gasteiger partial charge on any atom is 0.338 e. The molecule has 0 aliphatic heterocycles. The second kappa shape index (κ2) is 4.70. The number of carboxylic acid groups (broad SMARTS) is 1. The highest BCUT2D eigenvalue weighted by Gasteiger charge is 2.14. The standard InChI is InChI=1S/C15H13N3O2/c16-12-6-3-5-11(14(12)15(19)20)9-18-13-7-2-1-4-10(13)8-17-18/h1-8H,9,16H2,(H,19,20). The Morgan fingerprint density at radius 1 is 1.20 bits per heavy atom. The van der Waals surface area contributed by atoms with Gasteiger partial charge in [0, 0.05) is 11.1 Å². The van der Waals surface area contributed by atoms with Gasteiger partial charge in [-0.15, -0.1) is 0 Å².